The van der Waals surface area contributed by atoms with Gasteiger partial charge in [0.2, 0.25) is 0 Å². The van der Waals surface area contributed by atoms with Crippen LogP contribution in [0, 0.1) is 0 Å². The van der Waals surface area contributed by atoms with Crippen LogP contribution in [0.4, 0.5) is 0 Å². The van der Waals surface area contributed by atoms with Gasteiger partial charge in [-0.05, 0) is 37.0 Å². The molecule has 3 heteroatoms. The van der Waals surface area contributed by atoms with E-state index in [1.807, 2.05) is 12.1 Å². The molecule has 0 spiro atoms. The van der Waals surface area contributed by atoms with Crippen LogP contribution in [-0.2, 0) is 16.0 Å². The van der Waals surface area contributed by atoms with Crippen molar-refractivity contribution in [2.24, 2.45) is 0 Å². The first-order chi connectivity index (χ1) is 18.7. The molecule has 1 N–H and O–H groups in total. The molecular weight excluding hydrogens is 468 g/mol. The van der Waals surface area contributed by atoms with Gasteiger partial charge in [0.15, 0.2) is 0 Å². The van der Waals surface area contributed by atoms with Crippen LogP contribution in [0.15, 0.2) is 24.3 Å². The normalized spacial score (nSPS) is 11.2. The number of unbranched alkanes of at least 4 members (excludes halogenated alkanes) is 22. The molecule has 0 radical (unpaired) electrons. The number of aromatic hydroxyl groups is 1. The van der Waals surface area contributed by atoms with Crippen LogP contribution in [0.5, 0.6) is 5.75 Å². The lowest BCUT2D eigenvalue weighted by molar-refractivity contribution is -0.143. The van der Waals surface area contributed by atoms with E-state index in [0.29, 0.717) is 13.0 Å². The van der Waals surface area contributed by atoms with Gasteiger partial charge in [0, 0.05) is 6.42 Å². The van der Waals surface area contributed by atoms with Crippen LogP contribution in [0.25, 0.3) is 0 Å². The minimum absolute atomic E-state index is 0.0563. The van der Waals surface area contributed by atoms with Gasteiger partial charge in [-0.3, -0.25) is 4.79 Å². The summed E-state index contributed by atoms with van der Waals surface area (Å²) in [5.41, 5.74) is 1.16. The molecule has 0 bridgehead atoms. The lowest BCUT2D eigenvalue weighted by atomic mass is 10.0. The van der Waals surface area contributed by atoms with E-state index in [0.717, 1.165) is 31.2 Å². The van der Waals surface area contributed by atoms with Gasteiger partial charge in [-0.1, -0.05) is 160 Å². The van der Waals surface area contributed by atoms with Crippen LogP contribution in [0.2, 0.25) is 0 Å². The van der Waals surface area contributed by atoms with E-state index in [-0.39, 0.29) is 11.7 Å². The second-order valence-electron chi connectivity index (χ2n) is 11.5. The largest absolute Gasteiger partial charge is 0.508 e. The fourth-order valence-electron chi connectivity index (χ4n) is 5.25. The van der Waals surface area contributed by atoms with E-state index in [4.69, 9.17) is 4.74 Å². The molecule has 220 valence electrons. The van der Waals surface area contributed by atoms with Crippen LogP contribution in [-0.4, -0.2) is 17.7 Å². The van der Waals surface area contributed by atoms with Crippen molar-refractivity contribution < 1.29 is 14.6 Å². The second-order valence-corrected chi connectivity index (χ2v) is 11.5. The van der Waals surface area contributed by atoms with Crippen molar-refractivity contribution in [3.8, 4) is 5.75 Å². The molecule has 3 nitrogen and oxygen atoms in total. The lowest BCUT2D eigenvalue weighted by Crippen LogP contribution is -2.06. The summed E-state index contributed by atoms with van der Waals surface area (Å²) < 4.78 is 5.35. The lowest BCUT2D eigenvalue weighted by Gasteiger charge is -2.06. The van der Waals surface area contributed by atoms with Gasteiger partial charge in [-0.2, -0.15) is 0 Å². The number of benzene rings is 1. The summed E-state index contributed by atoms with van der Waals surface area (Å²) in [6.45, 7) is 2.78. The minimum atomic E-state index is -0.0563. The molecule has 0 fully saturated rings. The Kier molecular flexibility index (Phi) is 24.6. The van der Waals surface area contributed by atoms with Gasteiger partial charge in [0.05, 0.1) is 6.61 Å². The zero-order valence-corrected chi connectivity index (χ0v) is 25.2. The number of phenols is 1. The number of ether oxygens (including phenoxy) is 1. The average molecular weight is 531 g/mol. The molecule has 38 heavy (non-hydrogen) atoms. The Hall–Kier alpha value is -1.51. The fourth-order valence-corrected chi connectivity index (χ4v) is 5.25. The summed E-state index contributed by atoms with van der Waals surface area (Å²) in [5, 5.41) is 9.30. The molecule has 0 aromatic heterocycles. The van der Waals surface area contributed by atoms with Crippen LogP contribution >= 0.6 is 0 Å². The standard InChI is InChI=1S/C35H62O3/c1-2-3-4-5-6-7-8-9-10-11-12-13-14-15-16-17-18-19-20-21-22-23-24-27-35(37)38-32-25-26-33-28-30-34(36)31-29-33/h28-31,36H,2-27,32H2,1H3. The Labute approximate surface area is 236 Å². The zero-order chi connectivity index (χ0) is 27.4. The summed E-state index contributed by atoms with van der Waals surface area (Å²) in [5.74, 6) is 0.231. The van der Waals surface area contributed by atoms with Crippen LogP contribution in [0.3, 0.4) is 0 Å². The van der Waals surface area contributed by atoms with Crippen LogP contribution in [0.1, 0.15) is 173 Å². The Bertz CT molecular complexity index is 625. The molecule has 1 rings (SSSR count). The van der Waals surface area contributed by atoms with Crippen molar-refractivity contribution in [3.05, 3.63) is 29.8 Å². The van der Waals surface area contributed by atoms with Gasteiger partial charge in [-0.15, -0.1) is 0 Å². The molecular formula is C35H62O3. The molecule has 0 aliphatic rings. The van der Waals surface area contributed by atoms with Gasteiger partial charge < -0.3 is 9.84 Å². The van der Waals surface area contributed by atoms with E-state index in [9.17, 15) is 9.90 Å². The number of esters is 1. The Morgan fingerprint density at radius 1 is 0.553 bits per heavy atom. The summed E-state index contributed by atoms with van der Waals surface area (Å²) in [7, 11) is 0. The summed E-state index contributed by atoms with van der Waals surface area (Å²) in [4.78, 5) is 11.9. The smallest absolute Gasteiger partial charge is 0.305 e. The maximum atomic E-state index is 11.9. The first-order valence-corrected chi connectivity index (χ1v) is 16.7. The maximum absolute atomic E-state index is 11.9. The number of phenolic OH excluding ortho intramolecular Hbond substituents is 1. The highest BCUT2D eigenvalue weighted by atomic mass is 16.5. The van der Waals surface area contributed by atoms with Crippen molar-refractivity contribution in [1.29, 1.82) is 0 Å². The van der Waals surface area contributed by atoms with Crippen molar-refractivity contribution in [2.75, 3.05) is 6.61 Å². The summed E-state index contributed by atoms with van der Waals surface area (Å²) in [6.07, 6.45) is 34.1. The molecule has 0 heterocycles. The van der Waals surface area contributed by atoms with E-state index < -0.39 is 0 Å². The predicted molar refractivity (Wildman–Crippen MR) is 164 cm³/mol. The molecule has 0 amide bonds. The van der Waals surface area contributed by atoms with Gasteiger partial charge in [0.1, 0.15) is 5.75 Å². The van der Waals surface area contributed by atoms with Crippen molar-refractivity contribution in [1.82, 2.24) is 0 Å². The highest BCUT2D eigenvalue weighted by Crippen LogP contribution is 2.16. The molecule has 1 aromatic rings. The van der Waals surface area contributed by atoms with Crippen molar-refractivity contribution >= 4 is 5.97 Å². The Morgan fingerprint density at radius 3 is 1.32 bits per heavy atom. The number of rotatable bonds is 28. The number of aryl methyl sites for hydroxylation is 1. The summed E-state index contributed by atoms with van der Waals surface area (Å²) >= 11 is 0. The molecule has 0 aliphatic heterocycles. The van der Waals surface area contributed by atoms with Crippen LogP contribution < -0.4 is 0 Å². The van der Waals surface area contributed by atoms with Gasteiger partial charge >= 0.3 is 5.97 Å². The Morgan fingerprint density at radius 2 is 0.921 bits per heavy atom. The van der Waals surface area contributed by atoms with E-state index >= 15 is 0 Å². The molecule has 0 saturated heterocycles. The average Bonchev–Trinajstić information content (AvgIpc) is 2.92. The quantitative estimate of drug-likeness (QED) is 0.0865. The minimum Gasteiger partial charge on any atom is -0.508 e. The third-order valence-corrected chi connectivity index (χ3v) is 7.79. The van der Waals surface area contributed by atoms with E-state index in [1.54, 1.807) is 12.1 Å². The molecule has 0 unspecified atom stereocenters. The first kappa shape index (κ1) is 34.5. The third kappa shape index (κ3) is 23.6. The molecule has 0 saturated carbocycles. The monoisotopic (exact) mass is 530 g/mol. The highest BCUT2D eigenvalue weighted by molar-refractivity contribution is 5.69. The van der Waals surface area contributed by atoms with Crippen molar-refractivity contribution in [3.63, 3.8) is 0 Å². The molecule has 0 aliphatic carbocycles. The third-order valence-electron chi connectivity index (χ3n) is 7.79. The van der Waals surface area contributed by atoms with Gasteiger partial charge in [0.25, 0.3) is 0 Å². The second kappa shape index (κ2) is 27.1. The zero-order valence-electron chi connectivity index (χ0n) is 25.2. The van der Waals surface area contributed by atoms with Crippen molar-refractivity contribution in [2.45, 2.75) is 174 Å². The number of carbonyl (C=O) groups is 1. The Balaban J connectivity index is 1.70. The number of hydrogen-bond acceptors (Lipinski definition) is 3. The maximum Gasteiger partial charge on any atom is 0.305 e. The topological polar surface area (TPSA) is 46.5 Å². The SMILES string of the molecule is CCCCCCCCCCCCCCCCCCCCCCCCCC(=O)OCCCc1ccc(O)cc1. The number of carbonyl (C=O) groups excluding carboxylic acids is 1. The van der Waals surface area contributed by atoms with E-state index in [1.165, 1.54) is 135 Å². The fraction of sp³-hybridized carbons (Fsp3) is 0.800. The highest BCUT2D eigenvalue weighted by Gasteiger charge is 2.03. The number of hydrogen-bond donors (Lipinski definition) is 1. The predicted octanol–water partition coefficient (Wildman–Crippen LogP) is 11.3. The summed E-state index contributed by atoms with van der Waals surface area (Å²) in [6, 6.07) is 7.22. The molecule has 1 aromatic carbocycles. The van der Waals surface area contributed by atoms with Gasteiger partial charge in [-0.25, -0.2) is 0 Å². The van der Waals surface area contributed by atoms with E-state index in [2.05, 4.69) is 6.92 Å². The first-order valence-electron chi connectivity index (χ1n) is 16.7. The molecule has 0 atom stereocenters.